The molecule has 7 nitrogen and oxygen atoms in total. The zero-order valence-corrected chi connectivity index (χ0v) is 17.8. The van der Waals surface area contributed by atoms with Crippen LogP contribution in [0.15, 0.2) is 42.6 Å². The minimum atomic E-state index is -0.648. The molecular weight excluding hydrogens is 380 g/mol. The molecule has 2 amide bonds. The molecule has 3 atom stereocenters. The van der Waals surface area contributed by atoms with Crippen LogP contribution in [-0.4, -0.2) is 57.5 Å². The van der Waals surface area contributed by atoms with Crippen molar-refractivity contribution in [1.29, 1.82) is 0 Å². The molecule has 0 radical (unpaired) electrons. The van der Waals surface area contributed by atoms with Gasteiger partial charge in [0.15, 0.2) is 0 Å². The van der Waals surface area contributed by atoms with Crippen molar-refractivity contribution < 1.29 is 14.7 Å². The van der Waals surface area contributed by atoms with Gasteiger partial charge in [-0.1, -0.05) is 30.3 Å². The van der Waals surface area contributed by atoms with Crippen molar-refractivity contribution in [1.82, 2.24) is 20.2 Å². The van der Waals surface area contributed by atoms with Crippen LogP contribution in [0.4, 0.5) is 0 Å². The fourth-order valence-corrected chi connectivity index (χ4v) is 4.37. The summed E-state index contributed by atoms with van der Waals surface area (Å²) in [5.74, 6) is 0.241. The monoisotopic (exact) mass is 410 g/mol. The first-order valence-corrected chi connectivity index (χ1v) is 10.4. The van der Waals surface area contributed by atoms with Crippen LogP contribution >= 0.6 is 0 Å². The summed E-state index contributed by atoms with van der Waals surface area (Å²) in [5.41, 5.74) is 1.19. The van der Waals surface area contributed by atoms with Crippen LogP contribution in [0.5, 0.6) is 0 Å². The molecule has 0 bridgehead atoms. The smallest absolute Gasteiger partial charge is 0.272 e. The number of benzene rings is 1. The normalized spacial score (nSPS) is 24.0. The van der Waals surface area contributed by atoms with Crippen molar-refractivity contribution in [3.8, 4) is 0 Å². The van der Waals surface area contributed by atoms with Gasteiger partial charge in [0.05, 0.1) is 12.1 Å². The van der Waals surface area contributed by atoms with Crippen LogP contribution in [-0.2, 0) is 10.2 Å². The van der Waals surface area contributed by atoms with Gasteiger partial charge in [-0.3, -0.25) is 9.59 Å². The quantitative estimate of drug-likeness (QED) is 0.737. The molecule has 1 saturated carbocycles. The van der Waals surface area contributed by atoms with Crippen molar-refractivity contribution in [2.24, 2.45) is 0 Å². The highest BCUT2D eigenvalue weighted by molar-refractivity contribution is 5.92. The third-order valence-corrected chi connectivity index (χ3v) is 6.16. The number of nitrogens with one attached hydrogen (secondary N) is 1. The first-order valence-electron chi connectivity index (χ1n) is 10.4. The summed E-state index contributed by atoms with van der Waals surface area (Å²) in [6.07, 6.45) is 3.57. The lowest BCUT2D eigenvalue weighted by molar-refractivity contribution is -0.119. The number of nitrogens with zero attached hydrogens (tertiary/aromatic N) is 3. The van der Waals surface area contributed by atoms with Gasteiger partial charge >= 0.3 is 0 Å². The molecule has 160 valence electrons. The van der Waals surface area contributed by atoms with Gasteiger partial charge in [-0.2, -0.15) is 0 Å². The molecule has 1 aliphatic rings. The topological polar surface area (TPSA) is 95.4 Å². The number of hydrogen-bond donors (Lipinski definition) is 2. The molecule has 1 aromatic carbocycles. The number of carbonyl (C=O) groups is 2. The summed E-state index contributed by atoms with van der Waals surface area (Å²) >= 11 is 0. The van der Waals surface area contributed by atoms with Gasteiger partial charge in [-0.05, 0) is 44.2 Å². The number of aliphatic hydroxyl groups is 1. The number of aryl methyl sites for hydroxylation is 1. The van der Waals surface area contributed by atoms with Crippen molar-refractivity contribution in [3.05, 3.63) is 59.7 Å². The van der Waals surface area contributed by atoms with Gasteiger partial charge in [-0.25, -0.2) is 9.97 Å². The van der Waals surface area contributed by atoms with Crippen molar-refractivity contribution in [3.63, 3.8) is 0 Å². The summed E-state index contributed by atoms with van der Waals surface area (Å²) in [6, 6.07) is 11.4. The van der Waals surface area contributed by atoms with E-state index in [2.05, 4.69) is 27.4 Å². The highest BCUT2D eigenvalue weighted by Gasteiger charge is 2.40. The number of likely N-dealkylation sites (N-methyl/N-ethyl adjacent to an activating group) is 1. The molecule has 2 aromatic rings. The lowest BCUT2D eigenvalue weighted by atomic mass is 9.74. The Bertz CT molecular complexity index is 889. The fourth-order valence-electron chi connectivity index (χ4n) is 4.37. The summed E-state index contributed by atoms with van der Waals surface area (Å²) in [6.45, 7) is 3.77. The lowest BCUT2D eigenvalue weighted by Crippen LogP contribution is -2.44. The van der Waals surface area contributed by atoms with E-state index in [1.807, 2.05) is 18.2 Å². The molecule has 1 aliphatic carbocycles. The number of aliphatic hydroxyl groups excluding tert-OH is 1. The molecule has 0 aliphatic heterocycles. The number of rotatable bonds is 5. The SMILES string of the molecule is CC(=O)NC[C@]1(c2ccccc2)CC[C@H](O)[C@@H](N(C)C(=O)c2ccnc(C)n2)CC1. The number of aromatic nitrogens is 2. The van der Waals surface area contributed by atoms with Crippen LogP contribution in [0.3, 0.4) is 0 Å². The van der Waals surface area contributed by atoms with E-state index in [0.717, 1.165) is 18.4 Å². The Hall–Kier alpha value is -2.80. The Morgan fingerprint density at radius 3 is 2.57 bits per heavy atom. The van der Waals surface area contributed by atoms with Crippen LogP contribution in [0, 0.1) is 6.92 Å². The molecule has 7 heteroatoms. The molecule has 2 N–H and O–H groups in total. The average molecular weight is 411 g/mol. The van der Waals surface area contributed by atoms with Crippen molar-refractivity contribution in [2.45, 2.75) is 57.1 Å². The highest BCUT2D eigenvalue weighted by Crippen LogP contribution is 2.39. The molecule has 1 fully saturated rings. The maximum absolute atomic E-state index is 13.0. The minimum absolute atomic E-state index is 0.0712. The van der Waals surface area contributed by atoms with E-state index >= 15 is 0 Å². The first kappa shape index (κ1) is 21.9. The Kier molecular flexibility index (Phi) is 6.82. The zero-order chi connectivity index (χ0) is 21.7. The van der Waals surface area contributed by atoms with Gasteiger partial charge in [-0.15, -0.1) is 0 Å². The maximum Gasteiger partial charge on any atom is 0.272 e. The molecule has 0 spiro atoms. The molecule has 1 heterocycles. The summed E-state index contributed by atoms with van der Waals surface area (Å²) in [4.78, 5) is 34.5. The zero-order valence-electron chi connectivity index (χ0n) is 17.8. The molecule has 1 aromatic heterocycles. The highest BCUT2D eigenvalue weighted by atomic mass is 16.3. The lowest BCUT2D eigenvalue weighted by Gasteiger charge is -2.34. The largest absolute Gasteiger partial charge is 0.391 e. The number of carbonyl (C=O) groups excluding carboxylic acids is 2. The summed E-state index contributed by atoms with van der Waals surface area (Å²) in [7, 11) is 1.72. The maximum atomic E-state index is 13.0. The van der Waals surface area contributed by atoms with Crippen LogP contribution in [0.2, 0.25) is 0 Å². The molecule has 0 saturated heterocycles. The van der Waals surface area contributed by atoms with E-state index in [1.165, 1.54) is 6.92 Å². The van der Waals surface area contributed by atoms with E-state index < -0.39 is 6.10 Å². The van der Waals surface area contributed by atoms with Crippen LogP contribution in [0.1, 0.15) is 54.5 Å². The Morgan fingerprint density at radius 2 is 1.90 bits per heavy atom. The van der Waals surface area contributed by atoms with Gasteiger partial charge in [0.2, 0.25) is 5.91 Å². The standard InChI is InChI=1S/C23H30N4O3/c1-16-24-14-11-19(26-16)22(30)27(3)20-9-12-23(13-10-21(20)29,15-25-17(2)28)18-7-5-4-6-8-18/h4-8,11,14,20-21,29H,9-10,12-13,15H2,1-3H3,(H,25,28)/t20-,21-,23+/m0/s1. The van der Waals surface area contributed by atoms with E-state index in [1.54, 1.807) is 31.1 Å². The van der Waals surface area contributed by atoms with Crippen molar-refractivity contribution in [2.75, 3.05) is 13.6 Å². The average Bonchev–Trinajstić information content (AvgIpc) is 2.91. The Morgan fingerprint density at radius 1 is 1.20 bits per heavy atom. The van der Waals surface area contributed by atoms with Crippen LogP contribution in [0.25, 0.3) is 0 Å². The van der Waals surface area contributed by atoms with E-state index in [0.29, 0.717) is 30.9 Å². The van der Waals surface area contributed by atoms with Gasteiger partial charge in [0, 0.05) is 32.1 Å². The van der Waals surface area contributed by atoms with Gasteiger partial charge in [0.25, 0.3) is 5.91 Å². The first-order chi connectivity index (χ1) is 14.3. The predicted octanol–water partition coefficient (Wildman–Crippen LogP) is 2.23. The molecule has 30 heavy (non-hydrogen) atoms. The van der Waals surface area contributed by atoms with E-state index in [9.17, 15) is 14.7 Å². The van der Waals surface area contributed by atoms with Gasteiger partial charge in [0.1, 0.15) is 11.5 Å². The van der Waals surface area contributed by atoms with Crippen molar-refractivity contribution >= 4 is 11.8 Å². The Balaban J connectivity index is 1.83. The predicted molar refractivity (Wildman–Crippen MR) is 114 cm³/mol. The second-order valence-corrected chi connectivity index (χ2v) is 8.17. The number of hydrogen-bond acceptors (Lipinski definition) is 5. The summed E-state index contributed by atoms with van der Waals surface area (Å²) in [5, 5.41) is 13.9. The van der Waals surface area contributed by atoms with Gasteiger partial charge < -0.3 is 15.3 Å². The fraction of sp³-hybridized carbons (Fsp3) is 0.478. The Labute approximate surface area is 177 Å². The molecule has 3 rings (SSSR count). The minimum Gasteiger partial charge on any atom is -0.391 e. The summed E-state index contributed by atoms with van der Waals surface area (Å²) < 4.78 is 0. The van der Waals surface area contributed by atoms with E-state index in [-0.39, 0.29) is 23.3 Å². The van der Waals surface area contributed by atoms with E-state index in [4.69, 9.17) is 0 Å². The second kappa shape index (κ2) is 9.34. The second-order valence-electron chi connectivity index (χ2n) is 8.17. The third-order valence-electron chi connectivity index (χ3n) is 6.16. The third kappa shape index (κ3) is 4.84. The van der Waals surface area contributed by atoms with Crippen LogP contribution < -0.4 is 5.32 Å². The number of amides is 2. The molecule has 0 unspecified atom stereocenters. The molecular formula is C23H30N4O3.